The van der Waals surface area contributed by atoms with Crippen LogP contribution in [0.3, 0.4) is 0 Å². The van der Waals surface area contributed by atoms with Crippen LogP contribution in [0, 0.1) is 17.3 Å². The number of aliphatic hydroxyl groups is 2. The first-order chi connectivity index (χ1) is 29.6. The summed E-state index contributed by atoms with van der Waals surface area (Å²) >= 11 is 1.89. The third-order valence-corrected chi connectivity index (χ3v) is 15.4. The molecule has 0 unspecified atom stereocenters. The fourth-order valence-electron chi connectivity index (χ4n) is 11.1. The first-order valence-corrected chi connectivity index (χ1v) is 23.2. The lowest BCUT2D eigenvalue weighted by Crippen LogP contribution is -2.72. The Bertz CT molecular complexity index is 1810. The van der Waals surface area contributed by atoms with Gasteiger partial charge in [0.05, 0.1) is 68.5 Å². The summed E-state index contributed by atoms with van der Waals surface area (Å²) in [7, 11) is 0. The predicted molar refractivity (Wildman–Crippen MR) is 217 cm³/mol. The summed E-state index contributed by atoms with van der Waals surface area (Å²) < 4.78 is 35.5. The van der Waals surface area contributed by atoms with Gasteiger partial charge < -0.3 is 64.7 Å². The lowest BCUT2D eigenvalue weighted by Gasteiger charge is -2.64. The molecule has 19 heteroatoms. The van der Waals surface area contributed by atoms with Gasteiger partial charge in [0.25, 0.3) is 0 Å². The van der Waals surface area contributed by atoms with Gasteiger partial charge in [0.2, 0.25) is 11.8 Å². The second kappa shape index (κ2) is 18.1. The number of aliphatic hydroxyl groups excluding tert-OH is 2. The van der Waals surface area contributed by atoms with E-state index in [1.165, 1.54) is 0 Å². The van der Waals surface area contributed by atoms with Gasteiger partial charge in [-0.2, -0.15) is 11.8 Å². The quantitative estimate of drug-likeness (QED) is 0.0396. The van der Waals surface area contributed by atoms with Crippen molar-refractivity contribution in [3.63, 3.8) is 0 Å². The summed E-state index contributed by atoms with van der Waals surface area (Å²) in [5.41, 5.74) is 1.23. The number of fused-ring (bicyclic) bond motifs is 4. The van der Waals surface area contributed by atoms with Gasteiger partial charge in [-0.25, -0.2) is 4.79 Å². The summed E-state index contributed by atoms with van der Waals surface area (Å²) in [6.45, 7) is 6.56. The summed E-state index contributed by atoms with van der Waals surface area (Å²) in [4.78, 5) is 55.6. The fourth-order valence-corrected chi connectivity index (χ4v) is 12.6. The van der Waals surface area contributed by atoms with Gasteiger partial charge in [-0.05, 0) is 51.5 Å². The molecule has 1 saturated carbocycles. The maximum Gasteiger partial charge on any atom is 0.315 e. The molecule has 0 aromatic carbocycles. The van der Waals surface area contributed by atoms with Gasteiger partial charge in [0.15, 0.2) is 5.78 Å². The normalized spacial score (nSPS) is 40.0. The van der Waals surface area contributed by atoms with Crippen LogP contribution in [0.25, 0.3) is 0 Å². The molecule has 61 heavy (non-hydrogen) atoms. The minimum Gasteiger partial charge on any atom is -0.498 e. The van der Waals surface area contributed by atoms with Gasteiger partial charge in [0.1, 0.15) is 48.9 Å². The van der Waals surface area contributed by atoms with Crippen LogP contribution in [0.5, 0.6) is 0 Å². The van der Waals surface area contributed by atoms with Gasteiger partial charge >= 0.3 is 6.03 Å². The van der Waals surface area contributed by atoms with E-state index in [4.69, 9.17) is 38.4 Å². The van der Waals surface area contributed by atoms with Crippen molar-refractivity contribution in [2.75, 3.05) is 51.9 Å². The molecule has 0 aromatic heterocycles. The molecule has 4 amide bonds. The molecule has 0 aromatic rings. The lowest BCUT2D eigenvalue weighted by molar-refractivity contribution is -0.187. The number of Topliss-reactive ketones (excluding diaryl/α,β-unsaturated/α-hetero) is 1. The maximum atomic E-state index is 13.6. The average molecular weight is 874 g/mol. The predicted octanol–water partition coefficient (Wildman–Crippen LogP) is 0.383. The number of hydrogen-bond donors (Lipinski definition) is 6. The molecule has 2 bridgehead atoms. The SMILES string of the molecule is C[C@H]1O[C@H]2C3=C(C(=O)[C@@H]4O[C@@H]4[C@H]3O)[C@@H]1[C@@H]1[C@@H](C)OC=C3[C@H](O)[C@H]4O[C@H]4/C(=N\OCCCCCC(=O)NCCOCCOCCNC(=O)CCCC[C@H]4SC[C@H]5NC(=O)N[C@H]54)[C@]312. The monoisotopic (exact) mass is 873 g/mol. The van der Waals surface area contributed by atoms with E-state index < -0.39 is 54.1 Å². The van der Waals surface area contributed by atoms with Gasteiger partial charge in [0, 0.05) is 59.9 Å². The number of oxime groups is 1. The van der Waals surface area contributed by atoms with Crippen LogP contribution in [0.1, 0.15) is 65.2 Å². The van der Waals surface area contributed by atoms with Crippen LogP contribution in [-0.2, 0) is 47.6 Å². The molecule has 15 atom stereocenters. The number of rotatable bonds is 21. The molecule has 6 N–H and O–H groups in total. The maximum absolute atomic E-state index is 13.6. The summed E-state index contributed by atoms with van der Waals surface area (Å²) in [5, 5.41) is 39.8. The van der Waals surface area contributed by atoms with Gasteiger partial charge in [-0.3, -0.25) is 14.4 Å². The minimum absolute atomic E-state index is 0.0114. The number of unbranched alkanes of at least 4 members (excludes halogenated alkanes) is 3. The molecular formula is C42H59N5O13S. The summed E-state index contributed by atoms with van der Waals surface area (Å²) in [6, 6.07) is 0.346. The molecular weight excluding hydrogens is 815 g/mol. The molecule has 336 valence electrons. The summed E-state index contributed by atoms with van der Waals surface area (Å²) in [5.74, 6) is 0.0583. The highest BCUT2D eigenvalue weighted by molar-refractivity contribution is 8.00. The molecule has 7 aliphatic heterocycles. The Kier molecular flexibility index (Phi) is 12.7. The van der Waals surface area contributed by atoms with Crippen LogP contribution < -0.4 is 21.3 Å². The Labute approximate surface area is 358 Å². The molecule has 5 saturated heterocycles. The van der Waals surface area contributed by atoms with Gasteiger partial charge in [-0.1, -0.05) is 11.6 Å². The number of ketones is 1. The number of hydrogen-bond acceptors (Lipinski definition) is 15. The first-order valence-electron chi connectivity index (χ1n) is 22.2. The van der Waals surface area contributed by atoms with Crippen molar-refractivity contribution in [3.8, 4) is 0 Å². The number of carbonyl (C=O) groups is 4. The van der Waals surface area contributed by atoms with Gasteiger partial charge in [-0.15, -0.1) is 0 Å². The van der Waals surface area contributed by atoms with E-state index in [1.807, 2.05) is 25.6 Å². The topological polar surface area (TPSA) is 240 Å². The standard InChI is InChI=1S/C42H59N5O13S/c1-20-27-28-29(34(52)37-36(59-37)33(28)51)40(58-20)42-22(18-56-21(2)30(27)42)32(50)35-38(60-35)39(42)47-57-13-7-3-4-9-25(48)43-11-14-54-16-17-55-15-12-44-26(49)10-6-5-8-24-31-23(19-61-24)45-41(53)46-31/h18,20-21,23-24,27,30-32,34-38,40,50,52H,3-17,19H2,1-2H3,(H,43,48)(H,44,49)(H2,45,46,53)/b47-39+/t20-,21-,23-,24-,27-,30+,31-,32+,34+,35-,36+,37-,38-,40+,42+/m1/s1. The zero-order chi connectivity index (χ0) is 42.4. The van der Waals surface area contributed by atoms with E-state index in [2.05, 4.69) is 21.3 Å². The first kappa shape index (κ1) is 43.0. The van der Waals surface area contributed by atoms with Crippen molar-refractivity contribution in [1.82, 2.24) is 21.3 Å². The van der Waals surface area contributed by atoms with Crippen LogP contribution >= 0.6 is 11.8 Å². The Morgan fingerprint density at radius 1 is 0.869 bits per heavy atom. The lowest BCUT2D eigenvalue weighted by atomic mass is 9.45. The zero-order valence-electron chi connectivity index (χ0n) is 34.7. The number of urea groups is 1. The molecule has 3 aliphatic carbocycles. The summed E-state index contributed by atoms with van der Waals surface area (Å²) in [6.07, 6.45) is 1.60. The van der Waals surface area contributed by atoms with Crippen LogP contribution in [0.15, 0.2) is 28.1 Å². The number of epoxide rings is 2. The van der Waals surface area contributed by atoms with Crippen molar-refractivity contribution in [1.29, 1.82) is 0 Å². The molecule has 1 spiro atoms. The number of ether oxygens (including phenoxy) is 6. The number of nitrogens with one attached hydrogen (secondary N) is 4. The molecule has 0 radical (unpaired) electrons. The smallest absolute Gasteiger partial charge is 0.315 e. The molecule has 7 heterocycles. The van der Waals surface area contributed by atoms with Crippen LogP contribution in [0.4, 0.5) is 4.79 Å². The number of nitrogens with zero attached hydrogens (tertiary/aromatic N) is 1. The Balaban J connectivity index is 0.635. The van der Waals surface area contributed by atoms with E-state index >= 15 is 0 Å². The number of carbonyl (C=O) groups excluding carboxylic acids is 4. The zero-order valence-corrected chi connectivity index (χ0v) is 35.5. The Hall–Kier alpha value is -3.30. The molecule has 6 fully saturated rings. The Morgan fingerprint density at radius 2 is 1.57 bits per heavy atom. The van der Waals surface area contributed by atoms with Crippen molar-refractivity contribution >= 4 is 41.1 Å². The van der Waals surface area contributed by atoms with Crippen molar-refractivity contribution < 1.29 is 62.6 Å². The molecule has 18 nitrogen and oxygen atoms in total. The van der Waals surface area contributed by atoms with Crippen molar-refractivity contribution in [2.24, 2.45) is 22.4 Å². The fraction of sp³-hybridized carbons (Fsp3) is 0.786. The highest BCUT2D eigenvalue weighted by Crippen LogP contribution is 2.68. The minimum atomic E-state index is -1.03. The number of amides is 4. The largest absolute Gasteiger partial charge is 0.498 e. The van der Waals surface area contributed by atoms with E-state index in [9.17, 15) is 29.4 Å². The molecule has 10 aliphatic rings. The van der Waals surface area contributed by atoms with E-state index in [-0.39, 0.29) is 53.8 Å². The number of thioether (sulfide) groups is 1. The van der Waals surface area contributed by atoms with Crippen molar-refractivity contribution in [3.05, 3.63) is 23.0 Å². The van der Waals surface area contributed by atoms with Crippen molar-refractivity contribution in [2.45, 2.75) is 137 Å². The van der Waals surface area contributed by atoms with E-state index in [1.54, 1.807) is 6.26 Å². The highest BCUT2D eigenvalue weighted by atomic mass is 32.2. The van der Waals surface area contributed by atoms with E-state index in [0.29, 0.717) is 99.5 Å². The average Bonchev–Trinajstić information content (AvgIpc) is 4.15. The third-order valence-electron chi connectivity index (χ3n) is 13.9. The van der Waals surface area contributed by atoms with E-state index in [0.717, 1.165) is 31.4 Å². The second-order valence-electron chi connectivity index (χ2n) is 17.6. The Morgan fingerprint density at radius 3 is 2.33 bits per heavy atom. The van der Waals surface area contributed by atoms with Crippen LogP contribution in [-0.4, -0.2) is 164 Å². The molecule has 10 rings (SSSR count). The van der Waals surface area contributed by atoms with Crippen LogP contribution in [0.2, 0.25) is 0 Å². The second-order valence-corrected chi connectivity index (χ2v) is 18.9. The highest BCUT2D eigenvalue weighted by Gasteiger charge is 2.78. The third kappa shape index (κ3) is 8.10.